The van der Waals surface area contributed by atoms with Crippen LogP contribution in [0.2, 0.25) is 5.02 Å². The Morgan fingerprint density at radius 1 is 0.839 bits per heavy atom. The van der Waals surface area contributed by atoms with Crippen molar-refractivity contribution >= 4 is 29.1 Å². The molecule has 2 aliphatic rings. The second-order valence-electron chi connectivity index (χ2n) is 8.28. The molecule has 0 aromatic heterocycles. The first kappa shape index (κ1) is 21.8. The molecule has 2 aromatic rings. The van der Waals surface area contributed by atoms with Gasteiger partial charge in [-0.15, -0.1) is 0 Å². The zero-order valence-corrected chi connectivity index (χ0v) is 18.5. The second-order valence-corrected chi connectivity index (χ2v) is 8.68. The zero-order valence-electron chi connectivity index (χ0n) is 17.7. The number of anilines is 1. The quantitative estimate of drug-likeness (QED) is 0.748. The highest BCUT2D eigenvalue weighted by Crippen LogP contribution is 2.20. The molecule has 2 fully saturated rings. The summed E-state index contributed by atoms with van der Waals surface area (Å²) >= 11 is 6.11. The van der Waals surface area contributed by atoms with Gasteiger partial charge >= 0.3 is 0 Å². The number of carbonyl (C=O) groups excluding carboxylic acids is 2. The Kier molecular flexibility index (Phi) is 7.22. The normalized spacial score (nSPS) is 17.6. The number of piperazine rings is 1. The number of para-hydroxylation sites is 1. The van der Waals surface area contributed by atoms with Gasteiger partial charge in [0.05, 0.1) is 17.3 Å². The average Bonchev–Trinajstić information content (AvgIpc) is 3.32. The largest absolute Gasteiger partial charge is 0.339 e. The molecule has 31 heavy (non-hydrogen) atoms. The van der Waals surface area contributed by atoms with Gasteiger partial charge < -0.3 is 10.2 Å². The standard InChI is InChI=1S/C24H29ClN4O2/c25-21-5-1-2-6-22(21)26-23(30)18-28-15-13-27(14-16-28)17-19-7-9-20(10-8-19)24(31)29-11-3-4-12-29/h1-2,5-10H,3-4,11-18H2,(H,26,30). The monoisotopic (exact) mass is 440 g/mol. The van der Waals surface area contributed by atoms with E-state index in [2.05, 4.69) is 27.2 Å². The zero-order chi connectivity index (χ0) is 21.6. The number of likely N-dealkylation sites (tertiary alicyclic amines) is 1. The van der Waals surface area contributed by atoms with Gasteiger partial charge in [-0.1, -0.05) is 35.9 Å². The minimum atomic E-state index is -0.0418. The Balaban J connectivity index is 1.21. The number of halogens is 1. The summed E-state index contributed by atoms with van der Waals surface area (Å²) in [5.41, 5.74) is 2.64. The van der Waals surface area contributed by atoms with E-state index in [1.807, 2.05) is 35.2 Å². The molecule has 0 unspecified atom stereocenters. The molecule has 2 amide bonds. The lowest BCUT2D eigenvalue weighted by Crippen LogP contribution is -2.48. The van der Waals surface area contributed by atoms with E-state index in [1.165, 1.54) is 5.56 Å². The molecule has 0 radical (unpaired) electrons. The summed E-state index contributed by atoms with van der Waals surface area (Å²) in [4.78, 5) is 31.3. The Bertz CT molecular complexity index is 904. The Morgan fingerprint density at radius 2 is 1.48 bits per heavy atom. The Morgan fingerprint density at radius 3 is 2.16 bits per heavy atom. The molecular formula is C24H29ClN4O2. The maximum absolute atomic E-state index is 12.5. The smallest absolute Gasteiger partial charge is 0.253 e. The molecule has 7 heteroatoms. The predicted octanol–water partition coefficient (Wildman–Crippen LogP) is 3.33. The minimum Gasteiger partial charge on any atom is -0.339 e. The summed E-state index contributed by atoms with van der Waals surface area (Å²) in [5.74, 6) is 0.104. The van der Waals surface area contributed by atoms with Gasteiger partial charge in [0.2, 0.25) is 5.91 Å². The van der Waals surface area contributed by atoms with Gasteiger partial charge in [0.1, 0.15) is 0 Å². The van der Waals surface area contributed by atoms with Crippen LogP contribution in [0.4, 0.5) is 5.69 Å². The molecule has 1 N–H and O–H groups in total. The summed E-state index contributed by atoms with van der Waals surface area (Å²) in [5, 5.41) is 3.44. The maximum Gasteiger partial charge on any atom is 0.253 e. The van der Waals surface area contributed by atoms with E-state index >= 15 is 0 Å². The highest BCUT2D eigenvalue weighted by atomic mass is 35.5. The van der Waals surface area contributed by atoms with Crippen LogP contribution in [0.15, 0.2) is 48.5 Å². The van der Waals surface area contributed by atoms with Crippen LogP contribution >= 0.6 is 11.6 Å². The van der Waals surface area contributed by atoms with Crippen molar-refractivity contribution in [3.63, 3.8) is 0 Å². The lowest BCUT2D eigenvalue weighted by molar-refractivity contribution is -0.117. The van der Waals surface area contributed by atoms with Gasteiger partial charge in [-0.2, -0.15) is 0 Å². The summed E-state index contributed by atoms with van der Waals surface area (Å²) in [7, 11) is 0. The Hall–Kier alpha value is -2.41. The van der Waals surface area contributed by atoms with E-state index in [0.29, 0.717) is 17.3 Å². The number of nitrogens with zero attached hydrogens (tertiary/aromatic N) is 3. The first-order chi connectivity index (χ1) is 15.1. The van der Waals surface area contributed by atoms with Crippen molar-refractivity contribution in [1.82, 2.24) is 14.7 Å². The van der Waals surface area contributed by atoms with Crippen LogP contribution in [-0.2, 0) is 11.3 Å². The third-order valence-electron chi connectivity index (χ3n) is 5.98. The lowest BCUT2D eigenvalue weighted by Gasteiger charge is -2.34. The van der Waals surface area contributed by atoms with Crippen molar-refractivity contribution in [3.8, 4) is 0 Å². The van der Waals surface area contributed by atoms with E-state index in [4.69, 9.17) is 11.6 Å². The van der Waals surface area contributed by atoms with E-state index in [1.54, 1.807) is 6.07 Å². The SMILES string of the molecule is O=C(CN1CCN(Cc2ccc(C(=O)N3CCCC3)cc2)CC1)Nc1ccccc1Cl. The molecule has 0 saturated carbocycles. The fourth-order valence-corrected chi connectivity index (χ4v) is 4.36. The summed E-state index contributed by atoms with van der Waals surface area (Å²) < 4.78 is 0. The van der Waals surface area contributed by atoms with Crippen molar-refractivity contribution in [2.45, 2.75) is 19.4 Å². The van der Waals surface area contributed by atoms with Crippen LogP contribution < -0.4 is 5.32 Å². The fourth-order valence-electron chi connectivity index (χ4n) is 4.17. The third kappa shape index (κ3) is 5.85. The molecule has 6 nitrogen and oxygen atoms in total. The second kappa shape index (κ2) is 10.3. The van der Waals surface area contributed by atoms with Gasteiger partial charge in [-0.25, -0.2) is 0 Å². The van der Waals surface area contributed by atoms with Crippen molar-refractivity contribution in [1.29, 1.82) is 0 Å². The predicted molar refractivity (Wildman–Crippen MR) is 123 cm³/mol. The number of benzene rings is 2. The number of hydrogen-bond acceptors (Lipinski definition) is 4. The summed E-state index contributed by atoms with van der Waals surface area (Å²) in [6.45, 7) is 6.50. The van der Waals surface area contributed by atoms with Gasteiger partial charge in [0.25, 0.3) is 5.91 Å². The van der Waals surface area contributed by atoms with Crippen LogP contribution in [0.5, 0.6) is 0 Å². The number of nitrogens with one attached hydrogen (secondary N) is 1. The molecular weight excluding hydrogens is 412 g/mol. The van der Waals surface area contributed by atoms with E-state index in [9.17, 15) is 9.59 Å². The molecule has 0 bridgehead atoms. The molecule has 0 atom stereocenters. The first-order valence-corrected chi connectivity index (χ1v) is 11.3. The van der Waals surface area contributed by atoms with Crippen molar-refractivity contribution in [3.05, 3.63) is 64.7 Å². The highest BCUT2D eigenvalue weighted by molar-refractivity contribution is 6.33. The van der Waals surface area contributed by atoms with Crippen LogP contribution in [0.1, 0.15) is 28.8 Å². The van der Waals surface area contributed by atoms with Gasteiger partial charge in [-0.3, -0.25) is 19.4 Å². The van der Waals surface area contributed by atoms with Crippen LogP contribution in [0.3, 0.4) is 0 Å². The molecule has 2 heterocycles. The van der Waals surface area contributed by atoms with Gasteiger partial charge in [0.15, 0.2) is 0 Å². The summed E-state index contributed by atoms with van der Waals surface area (Å²) in [6.07, 6.45) is 2.22. The van der Waals surface area contributed by atoms with Gasteiger partial charge in [0, 0.05) is 51.4 Å². The molecule has 4 rings (SSSR count). The van der Waals surface area contributed by atoms with Crippen LogP contribution in [-0.4, -0.2) is 72.3 Å². The van der Waals surface area contributed by atoms with Crippen molar-refractivity contribution in [2.75, 3.05) is 51.1 Å². The van der Waals surface area contributed by atoms with E-state index in [0.717, 1.165) is 64.2 Å². The van der Waals surface area contributed by atoms with Crippen LogP contribution in [0, 0.1) is 0 Å². The molecule has 2 saturated heterocycles. The first-order valence-electron chi connectivity index (χ1n) is 11.0. The Labute approximate surface area is 188 Å². The molecule has 2 aromatic carbocycles. The number of carbonyl (C=O) groups is 2. The van der Waals surface area contributed by atoms with E-state index in [-0.39, 0.29) is 11.8 Å². The molecule has 2 aliphatic heterocycles. The fraction of sp³-hybridized carbons (Fsp3) is 0.417. The number of hydrogen-bond donors (Lipinski definition) is 1. The highest BCUT2D eigenvalue weighted by Gasteiger charge is 2.21. The topological polar surface area (TPSA) is 55.9 Å². The van der Waals surface area contributed by atoms with Crippen LogP contribution in [0.25, 0.3) is 0 Å². The van der Waals surface area contributed by atoms with Gasteiger partial charge in [-0.05, 0) is 42.7 Å². The lowest BCUT2D eigenvalue weighted by atomic mass is 10.1. The number of rotatable bonds is 6. The minimum absolute atomic E-state index is 0.0418. The molecule has 0 aliphatic carbocycles. The molecule has 164 valence electrons. The third-order valence-corrected chi connectivity index (χ3v) is 6.31. The number of amides is 2. The van der Waals surface area contributed by atoms with E-state index < -0.39 is 0 Å². The van der Waals surface area contributed by atoms with Crippen molar-refractivity contribution < 1.29 is 9.59 Å². The average molecular weight is 441 g/mol. The summed E-state index contributed by atoms with van der Waals surface area (Å²) in [6, 6.07) is 15.3. The maximum atomic E-state index is 12.5. The molecule has 0 spiro atoms. The van der Waals surface area contributed by atoms with Crippen molar-refractivity contribution in [2.24, 2.45) is 0 Å².